The third-order valence-corrected chi connectivity index (χ3v) is 4.87. The Morgan fingerprint density at radius 2 is 2.07 bits per heavy atom. The number of aromatic nitrogens is 2. The van der Waals surface area contributed by atoms with Gasteiger partial charge in [-0.15, -0.1) is 11.3 Å². The van der Waals surface area contributed by atoms with Crippen LogP contribution in [0.15, 0.2) is 29.8 Å². The monoisotopic (exact) mass is 439 g/mol. The number of hydrogen-bond donors (Lipinski definition) is 2. The summed E-state index contributed by atoms with van der Waals surface area (Å²) in [5.74, 6) is -2.24. The summed E-state index contributed by atoms with van der Waals surface area (Å²) in [6.45, 7) is 2.73. The molecule has 0 bridgehead atoms. The first kappa shape index (κ1) is 21.5. The van der Waals surface area contributed by atoms with Crippen molar-refractivity contribution in [2.24, 2.45) is 0 Å². The minimum Gasteiger partial charge on any atom is -0.506 e. The van der Waals surface area contributed by atoms with Crippen molar-refractivity contribution in [3.05, 3.63) is 46.6 Å². The number of nitrogens with zero attached hydrogens (tertiary/aromatic N) is 2. The normalized spacial score (nSPS) is 12.6. The zero-order valence-corrected chi connectivity index (χ0v) is 16.6. The number of carbonyl (C=O) groups is 2. The van der Waals surface area contributed by atoms with Crippen LogP contribution >= 0.6 is 11.3 Å². The van der Waals surface area contributed by atoms with Crippen molar-refractivity contribution in [3.63, 3.8) is 0 Å². The lowest BCUT2D eigenvalue weighted by atomic mass is 9.99. The molecule has 3 rings (SSSR count). The smallest absolute Gasteiger partial charge is 0.418 e. The highest BCUT2D eigenvalue weighted by Crippen LogP contribution is 2.40. The largest absolute Gasteiger partial charge is 0.506 e. The van der Waals surface area contributed by atoms with Crippen LogP contribution in [0.4, 0.5) is 18.3 Å². The van der Waals surface area contributed by atoms with Gasteiger partial charge in [-0.1, -0.05) is 13.0 Å². The third-order valence-electron chi connectivity index (χ3n) is 4.19. The molecule has 7 nitrogen and oxygen atoms in total. The fourth-order valence-corrected chi connectivity index (χ4v) is 3.47. The van der Waals surface area contributed by atoms with Crippen LogP contribution in [0.25, 0.3) is 10.9 Å². The first-order valence-corrected chi connectivity index (χ1v) is 9.62. The van der Waals surface area contributed by atoms with E-state index in [4.69, 9.17) is 4.74 Å². The molecule has 30 heavy (non-hydrogen) atoms. The number of thiazole rings is 1. The Morgan fingerprint density at radius 3 is 2.63 bits per heavy atom. The van der Waals surface area contributed by atoms with E-state index in [1.165, 1.54) is 12.3 Å². The molecule has 2 aromatic heterocycles. The number of anilines is 1. The van der Waals surface area contributed by atoms with Gasteiger partial charge in [-0.05, 0) is 18.6 Å². The minimum atomic E-state index is -4.75. The van der Waals surface area contributed by atoms with Gasteiger partial charge in [0.25, 0.3) is 5.91 Å². The molecule has 0 aliphatic heterocycles. The molecule has 3 aromatic rings. The van der Waals surface area contributed by atoms with Gasteiger partial charge >= 0.3 is 12.1 Å². The summed E-state index contributed by atoms with van der Waals surface area (Å²) in [6.07, 6.45) is -4.33. The minimum absolute atomic E-state index is 0.114. The van der Waals surface area contributed by atoms with Gasteiger partial charge in [0.1, 0.15) is 17.4 Å². The quantitative estimate of drug-likeness (QED) is 0.560. The average Bonchev–Trinajstić information content (AvgIpc) is 3.17. The number of fused-ring (bicyclic) bond motifs is 1. The second-order valence-corrected chi connectivity index (χ2v) is 7.11. The van der Waals surface area contributed by atoms with E-state index in [0.29, 0.717) is 0 Å². The number of amides is 1. The van der Waals surface area contributed by atoms with Crippen LogP contribution in [0.3, 0.4) is 0 Å². The molecule has 0 spiro atoms. The third kappa shape index (κ3) is 4.20. The van der Waals surface area contributed by atoms with Gasteiger partial charge in [-0.3, -0.25) is 14.9 Å². The Bertz CT molecular complexity index is 1100. The lowest BCUT2D eigenvalue weighted by Crippen LogP contribution is -2.20. The summed E-state index contributed by atoms with van der Waals surface area (Å²) in [4.78, 5) is 32.3. The van der Waals surface area contributed by atoms with E-state index in [1.54, 1.807) is 12.3 Å². The van der Waals surface area contributed by atoms with E-state index in [2.05, 4.69) is 15.3 Å². The summed E-state index contributed by atoms with van der Waals surface area (Å²) < 4.78 is 45.6. The van der Waals surface area contributed by atoms with Crippen LogP contribution in [-0.2, 0) is 15.7 Å². The molecule has 1 amide bonds. The average molecular weight is 439 g/mol. The Kier molecular flexibility index (Phi) is 5.92. The maximum Gasteiger partial charge on any atom is 0.418 e. The van der Waals surface area contributed by atoms with Crippen LogP contribution in [0.5, 0.6) is 5.75 Å². The zero-order valence-electron chi connectivity index (χ0n) is 15.8. The number of para-hydroxylation sites is 1. The highest BCUT2D eigenvalue weighted by Gasteiger charge is 2.36. The van der Waals surface area contributed by atoms with E-state index >= 15 is 0 Å². The number of hydrogen-bond acceptors (Lipinski definition) is 7. The molecule has 0 fully saturated rings. The number of halogens is 3. The number of pyridine rings is 1. The van der Waals surface area contributed by atoms with Gasteiger partial charge in [0.05, 0.1) is 16.8 Å². The predicted octanol–water partition coefficient (Wildman–Crippen LogP) is 4.68. The lowest BCUT2D eigenvalue weighted by molar-refractivity contribution is -0.147. The number of esters is 1. The Morgan fingerprint density at radius 1 is 1.33 bits per heavy atom. The molecule has 0 saturated carbocycles. The van der Waals surface area contributed by atoms with Crippen molar-refractivity contribution in [1.29, 1.82) is 0 Å². The van der Waals surface area contributed by atoms with Crippen molar-refractivity contribution >= 4 is 39.2 Å². The van der Waals surface area contributed by atoms with Crippen molar-refractivity contribution in [3.8, 4) is 5.75 Å². The molecule has 2 heterocycles. The second kappa shape index (κ2) is 8.27. The van der Waals surface area contributed by atoms with Gasteiger partial charge in [0.15, 0.2) is 5.13 Å². The first-order valence-electron chi connectivity index (χ1n) is 8.74. The standard InChI is InChI=1S/C19H16F3N3O4S/c1-3-12(29-9(2)26)15-13(17(28)25-18-23-7-8-30-18)16(27)10-5-4-6-11(14(10)24-15)19(20,21)22/h4-8,12H,3H2,1-2H3,(H,24,27)(H,23,25,28). The molecule has 1 atom stereocenters. The van der Waals surface area contributed by atoms with Gasteiger partial charge < -0.3 is 9.84 Å². The van der Waals surface area contributed by atoms with Gasteiger partial charge in [0, 0.05) is 23.9 Å². The van der Waals surface area contributed by atoms with Crippen molar-refractivity contribution in [2.75, 3.05) is 5.32 Å². The second-order valence-electron chi connectivity index (χ2n) is 6.22. The Hall–Kier alpha value is -3.21. The molecule has 0 radical (unpaired) electrons. The number of ether oxygens (including phenoxy) is 1. The molecular weight excluding hydrogens is 423 g/mol. The topological polar surface area (TPSA) is 101 Å². The summed E-state index contributed by atoms with van der Waals surface area (Å²) in [5, 5.41) is 14.8. The van der Waals surface area contributed by atoms with Crippen molar-refractivity contribution in [2.45, 2.75) is 32.5 Å². The lowest BCUT2D eigenvalue weighted by Gasteiger charge is -2.21. The maximum absolute atomic E-state index is 13.5. The summed E-state index contributed by atoms with van der Waals surface area (Å²) in [6, 6.07) is 3.16. The first-order chi connectivity index (χ1) is 14.1. The van der Waals surface area contributed by atoms with E-state index in [-0.39, 0.29) is 28.2 Å². The van der Waals surface area contributed by atoms with Gasteiger partial charge in [0.2, 0.25) is 0 Å². The van der Waals surface area contributed by atoms with Crippen LogP contribution in [-0.4, -0.2) is 27.0 Å². The van der Waals surface area contributed by atoms with Crippen LogP contribution < -0.4 is 5.32 Å². The summed E-state index contributed by atoms with van der Waals surface area (Å²) in [5.41, 5.74) is -2.29. The molecule has 1 aromatic carbocycles. The van der Waals surface area contributed by atoms with E-state index < -0.39 is 41.0 Å². The molecule has 11 heteroatoms. The fourth-order valence-electron chi connectivity index (χ4n) is 2.95. The molecule has 0 aliphatic rings. The molecule has 2 N–H and O–H groups in total. The summed E-state index contributed by atoms with van der Waals surface area (Å²) in [7, 11) is 0. The number of nitrogens with one attached hydrogen (secondary N) is 1. The van der Waals surface area contributed by atoms with E-state index in [0.717, 1.165) is 30.4 Å². The molecule has 1 unspecified atom stereocenters. The van der Waals surface area contributed by atoms with Gasteiger partial charge in [-0.2, -0.15) is 13.2 Å². The highest BCUT2D eigenvalue weighted by atomic mass is 32.1. The highest BCUT2D eigenvalue weighted by molar-refractivity contribution is 7.13. The molecule has 158 valence electrons. The Balaban J connectivity index is 2.29. The number of aromatic hydroxyl groups is 1. The van der Waals surface area contributed by atoms with Crippen molar-refractivity contribution in [1.82, 2.24) is 9.97 Å². The van der Waals surface area contributed by atoms with E-state index in [1.807, 2.05) is 0 Å². The maximum atomic E-state index is 13.5. The van der Waals surface area contributed by atoms with Gasteiger partial charge in [-0.25, -0.2) is 9.97 Å². The number of rotatable bonds is 5. The Labute approximate surface area is 172 Å². The molecule has 0 saturated heterocycles. The van der Waals surface area contributed by atoms with Crippen LogP contribution in [0.1, 0.15) is 48.0 Å². The van der Waals surface area contributed by atoms with Crippen LogP contribution in [0.2, 0.25) is 0 Å². The van der Waals surface area contributed by atoms with E-state index in [9.17, 15) is 27.9 Å². The predicted molar refractivity (Wildman–Crippen MR) is 103 cm³/mol. The number of carbonyl (C=O) groups excluding carboxylic acids is 2. The number of benzene rings is 1. The SMILES string of the molecule is CCC(OC(C)=O)c1nc2c(C(F)(F)F)cccc2c(O)c1C(=O)Nc1nccs1. The van der Waals surface area contributed by atoms with Crippen molar-refractivity contribution < 1.29 is 32.6 Å². The fraction of sp³-hybridized carbons (Fsp3) is 0.263. The summed E-state index contributed by atoms with van der Waals surface area (Å²) >= 11 is 1.11. The zero-order chi connectivity index (χ0) is 22.1. The molecular formula is C19H16F3N3O4S. The molecule has 0 aliphatic carbocycles. The van der Waals surface area contributed by atoms with Crippen LogP contribution in [0, 0.1) is 0 Å². The number of alkyl halides is 3.